The first-order valence-corrected chi connectivity index (χ1v) is 9.67. The van der Waals surface area contributed by atoms with Crippen LogP contribution >= 0.6 is 11.6 Å². The number of carbonyl (C=O) groups excluding carboxylic acids is 1. The van der Waals surface area contributed by atoms with Gasteiger partial charge in [0.2, 0.25) is 0 Å². The number of nitrogens with zero attached hydrogens (tertiary/aromatic N) is 4. The molecule has 0 saturated carbocycles. The van der Waals surface area contributed by atoms with Crippen molar-refractivity contribution in [3.8, 4) is 0 Å². The SMILES string of the molecule is Cn1cc(Cl)c(C2Nc3ccccc3C(=O)N2CCCN2CCOCC2)n1. The molecule has 1 aromatic carbocycles. The van der Waals surface area contributed by atoms with Gasteiger partial charge in [-0.15, -0.1) is 0 Å². The van der Waals surface area contributed by atoms with E-state index in [1.807, 2.05) is 36.2 Å². The van der Waals surface area contributed by atoms with Crippen LogP contribution in [0.3, 0.4) is 0 Å². The average Bonchev–Trinajstić information content (AvgIpc) is 3.02. The molecule has 0 radical (unpaired) electrons. The number of halogens is 1. The van der Waals surface area contributed by atoms with Crippen LogP contribution in [0.25, 0.3) is 0 Å². The van der Waals surface area contributed by atoms with Gasteiger partial charge in [-0.25, -0.2) is 0 Å². The van der Waals surface area contributed by atoms with E-state index in [4.69, 9.17) is 16.3 Å². The highest BCUT2D eigenvalue weighted by molar-refractivity contribution is 6.31. The van der Waals surface area contributed by atoms with Crippen LogP contribution in [0.1, 0.15) is 28.6 Å². The van der Waals surface area contributed by atoms with E-state index >= 15 is 0 Å². The molecule has 2 aliphatic heterocycles. The topological polar surface area (TPSA) is 62.6 Å². The van der Waals surface area contributed by atoms with Crippen molar-refractivity contribution in [1.29, 1.82) is 0 Å². The summed E-state index contributed by atoms with van der Waals surface area (Å²) >= 11 is 6.39. The number of aryl methyl sites for hydroxylation is 1. The highest BCUT2D eigenvalue weighted by atomic mass is 35.5. The lowest BCUT2D eigenvalue weighted by molar-refractivity contribution is 0.0347. The molecule has 4 rings (SSSR count). The zero-order chi connectivity index (χ0) is 18.8. The van der Waals surface area contributed by atoms with Crippen molar-refractivity contribution in [2.24, 2.45) is 7.05 Å². The van der Waals surface area contributed by atoms with Crippen molar-refractivity contribution in [3.63, 3.8) is 0 Å². The fourth-order valence-electron chi connectivity index (χ4n) is 3.69. The van der Waals surface area contributed by atoms with Crippen molar-refractivity contribution in [1.82, 2.24) is 19.6 Å². The summed E-state index contributed by atoms with van der Waals surface area (Å²) in [7, 11) is 1.83. The van der Waals surface area contributed by atoms with Crippen molar-refractivity contribution in [2.75, 3.05) is 44.7 Å². The third-order valence-corrected chi connectivity index (χ3v) is 5.36. The zero-order valence-electron chi connectivity index (χ0n) is 15.4. The molecule has 1 N–H and O–H groups in total. The summed E-state index contributed by atoms with van der Waals surface area (Å²) in [6.07, 6.45) is 2.28. The molecule has 7 nitrogen and oxygen atoms in total. The maximum Gasteiger partial charge on any atom is 0.257 e. The van der Waals surface area contributed by atoms with Crippen LogP contribution < -0.4 is 5.32 Å². The van der Waals surface area contributed by atoms with E-state index in [-0.39, 0.29) is 12.1 Å². The number of para-hydroxylation sites is 1. The normalized spacial score (nSPS) is 20.4. The van der Waals surface area contributed by atoms with Crippen LogP contribution in [0.4, 0.5) is 5.69 Å². The van der Waals surface area contributed by atoms with E-state index in [1.165, 1.54) is 0 Å². The molecule has 3 heterocycles. The van der Waals surface area contributed by atoms with E-state index in [1.54, 1.807) is 10.9 Å². The molecule has 1 atom stereocenters. The number of fused-ring (bicyclic) bond motifs is 1. The Kier molecular flexibility index (Phi) is 5.33. The summed E-state index contributed by atoms with van der Waals surface area (Å²) in [5, 5.41) is 8.49. The number of rotatable bonds is 5. The monoisotopic (exact) mass is 389 g/mol. The summed E-state index contributed by atoms with van der Waals surface area (Å²) in [4.78, 5) is 17.4. The first-order chi connectivity index (χ1) is 13.1. The smallest absolute Gasteiger partial charge is 0.257 e. The molecule has 2 aliphatic rings. The Morgan fingerprint density at radius 1 is 1.26 bits per heavy atom. The van der Waals surface area contributed by atoms with Gasteiger partial charge in [0.05, 0.1) is 23.8 Å². The molecular formula is C19H24ClN5O2. The van der Waals surface area contributed by atoms with Gasteiger partial charge >= 0.3 is 0 Å². The highest BCUT2D eigenvalue weighted by Gasteiger charge is 2.35. The largest absolute Gasteiger partial charge is 0.379 e. The number of benzene rings is 1. The van der Waals surface area contributed by atoms with Crippen molar-refractivity contribution in [3.05, 3.63) is 46.7 Å². The van der Waals surface area contributed by atoms with Crippen molar-refractivity contribution in [2.45, 2.75) is 12.6 Å². The molecule has 1 saturated heterocycles. The summed E-state index contributed by atoms with van der Waals surface area (Å²) < 4.78 is 7.08. The molecule has 144 valence electrons. The van der Waals surface area contributed by atoms with Gasteiger partial charge in [-0.3, -0.25) is 14.4 Å². The number of carbonyl (C=O) groups is 1. The van der Waals surface area contributed by atoms with E-state index in [0.717, 1.165) is 45.0 Å². The molecule has 27 heavy (non-hydrogen) atoms. The number of hydrogen-bond acceptors (Lipinski definition) is 5. The van der Waals surface area contributed by atoms with Gasteiger partial charge < -0.3 is 15.0 Å². The standard InChI is InChI=1S/C19H24ClN5O2/c1-23-13-15(20)17(22-23)18-21-16-6-3-2-5-14(16)19(26)25(18)8-4-7-24-9-11-27-12-10-24/h2-3,5-6,13,18,21H,4,7-12H2,1H3. The third-order valence-electron chi connectivity index (χ3n) is 5.07. The molecule has 2 aromatic rings. The molecule has 0 bridgehead atoms. The Morgan fingerprint density at radius 3 is 2.78 bits per heavy atom. The van der Waals surface area contributed by atoms with Gasteiger partial charge in [0, 0.05) is 45.1 Å². The van der Waals surface area contributed by atoms with Crippen LogP contribution in [0.2, 0.25) is 5.02 Å². The lowest BCUT2D eigenvalue weighted by Crippen LogP contribution is -2.45. The fraction of sp³-hybridized carbons (Fsp3) is 0.474. The van der Waals surface area contributed by atoms with Gasteiger partial charge in [-0.05, 0) is 18.6 Å². The second-order valence-corrected chi connectivity index (χ2v) is 7.34. The second-order valence-electron chi connectivity index (χ2n) is 6.93. The zero-order valence-corrected chi connectivity index (χ0v) is 16.2. The summed E-state index contributed by atoms with van der Waals surface area (Å²) in [6.45, 7) is 5.04. The lowest BCUT2D eigenvalue weighted by Gasteiger charge is -2.37. The minimum atomic E-state index is -0.370. The number of amides is 1. The van der Waals surface area contributed by atoms with E-state index in [2.05, 4.69) is 15.3 Å². The van der Waals surface area contributed by atoms with Crippen LogP contribution in [0, 0.1) is 0 Å². The Morgan fingerprint density at radius 2 is 2.04 bits per heavy atom. The predicted molar refractivity (Wildman–Crippen MR) is 104 cm³/mol. The first kappa shape index (κ1) is 18.3. The maximum atomic E-state index is 13.2. The summed E-state index contributed by atoms with van der Waals surface area (Å²) in [5.41, 5.74) is 2.18. The Bertz CT molecular complexity index is 818. The van der Waals surface area contributed by atoms with Crippen molar-refractivity contribution < 1.29 is 9.53 Å². The number of nitrogens with one attached hydrogen (secondary N) is 1. The molecule has 0 spiro atoms. The van der Waals surface area contributed by atoms with E-state index in [0.29, 0.717) is 22.8 Å². The molecule has 8 heteroatoms. The van der Waals surface area contributed by atoms with Gasteiger partial charge in [-0.1, -0.05) is 23.7 Å². The minimum Gasteiger partial charge on any atom is -0.379 e. The number of aromatic nitrogens is 2. The van der Waals surface area contributed by atoms with Crippen LogP contribution in [-0.4, -0.2) is 64.9 Å². The molecule has 1 amide bonds. The van der Waals surface area contributed by atoms with Crippen LogP contribution in [0.15, 0.2) is 30.5 Å². The number of morpholine rings is 1. The fourth-order valence-corrected chi connectivity index (χ4v) is 3.97. The van der Waals surface area contributed by atoms with Gasteiger partial charge in [-0.2, -0.15) is 5.10 Å². The molecular weight excluding hydrogens is 366 g/mol. The molecule has 1 aromatic heterocycles. The Balaban J connectivity index is 1.55. The van der Waals surface area contributed by atoms with E-state index < -0.39 is 0 Å². The lowest BCUT2D eigenvalue weighted by atomic mass is 10.1. The maximum absolute atomic E-state index is 13.2. The quantitative estimate of drug-likeness (QED) is 0.850. The van der Waals surface area contributed by atoms with Gasteiger partial charge in [0.25, 0.3) is 5.91 Å². The third kappa shape index (κ3) is 3.81. The molecule has 1 unspecified atom stereocenters. The first-order valence-electron chi connectivity index (χ1n) is 9.29. The molecule has 1 fully saturated rings. The van der Waals surface area contributed by atoms with E-state index in [9.17, 15) is 4.79 Å². The summed E-state index contributed by atoms with van der Waals surface area (Å²) in [6, 6.07) is 7.58. The number of ether oxygens (including phenoxy) is 1. The minimum absolute atomic E-state index is 0.0121. The summed E-state index contributed by atoms with van der Waals surface area (Å²) in [5.74, 6) is 0.0121. The Hall–Kier alpha value is -2.09. The van der Waals surface area contributed by atoms with Gasteiger partial charge in [0.15, 0.2) is 0 Å². The average molecular weight is 390 g/mol. The number of anilines is 1. The van der Waals surface area contributed by atoms with Crippen molar-refractivity contribution >= 4 is 23.2 Å². The second kappa shape index (κ2) is 7.88. The Labute approximate surface area is 163 Å². The predicted octanol–water partition coefficient (Wildman–Crippen LogP) is 2.36. The van der Waals surface area contributed by atoms with Crippen LogP contribution in [-0.2, 0) is 11.8 Å². The van der Waals surface area contributed by atoms with Crippen LogP contribution in [0.5, 0.6) is 0 Å². The molecule has 0 aliphatic carbocycles. The number of hydrogen-bond donors (Lipinski definition) is 1. The highest BCUT2D eigenvalue weighted by Crippen LogP contribution is 2.35. The van der Waals surface area contributed by atoms with Gasteiger partial charge in [0.1, 0.15) is 11.9 Å².